The number of rotatable bonds is 10. The summed E-state index contributed by atoms with van der Waals surface area (Å²) in [6, 6.07) is 2.41. The van der Waals surface area contributed by atoms with Crippen molar-refractivity contribution < 1.29 is 0 Å². The molecular formula is C15H27N3. The van der Waals surface area contributed by atoms with E-state index in [0.717, 1.165) is 12.2 Å². The Hall–Kier alpha value is -0.960. The van der Waals surface area contributed by atoms with Gasteiger partial charge in [0.05, 0.1) is 5.69 Å². The van der Waals surface area contributed by atoms with Gasteiger partial charge >= 0.3 is 0 Å². The summed E-state index contributed by atoms with van der Waals surface area (Å²) in [7, 11) is 0. The van der Waals surface area contributed by atoms with Crippen molar-refractivity contribution in [3.63, 3.8) is 0 Å². The van der Waals surface area contributed by atoms with Gasteiger partial charge in [0.2, 0.25) is 0 Å². The van der Waals surface area contributed by atoms with Crippen molar-refractivity contribution in [1.82, 2.24) is 15.3 Å². The van der Waals surface area contributed by atoms with E-state index in [9.17, 15) is 0 Å². The highest BCUT2D eigenvalue weighted by atomic mass is 14.9. The van der Waals surface area contributed by atoms with Crippen LogP contribution in [0.15, 0.2) is 18.6 Å². The molecule has 1 aromatic rings. The van der Waals surface area contributed by atoms with Crippen LogP contribution in [0.3, 0.4) is 0 Å². The molecule has 1 rings (SSSR count). The molecule has 0 aliphatic carbocycles. The fourth-order valence-corrected chi connectivity index (χ4v) is 2.24. The van der Waals surface area contributed by atoms with Crippen molar-refractivity contribution in [2.75, 3.05) is 6.54 Å². The number of aromatic nitrogens is 2. The molecule has 0 amide bonds. The zero-order valence-electron chi connectivity index (χ0n) is 11.9. The Morgan fingerprint density at radius 3 is 2.56 bits per heavy atom. The van der Waals surface area contributed by atoms with Crippen LogP contribution >= 0.6 is 0 Å². The average Bonchev–Trinajstić information content (AvgIpc) is 2.42. The Bertz CT molecular complexity index is 287. The average molecular weight is 249 g/mol. The van der Waals surface area contributed by atoms with Gasteiger partial charge in [-0.1, -0.05) is 52.4 Å². The Kier molecular flexibility index (Phi) is 8.40. The van der Waals surface area contributed by atoms with E-state index < -0.39 is 0 Å². The molecule has 18 heavy (non-hydrogen) atoms. The van der Waals surface area contributed by atoms with Crippen LogP contribution in [-0.4, -0.2) is 16.5 Å². The van der Waals surface area contributed by atoms with Gasteiger partial charge in [-0.05, 0) is 19.0 Å². The second-order valence-electron chi connectivity index (χ2n) is 4.80. The first kappa shape index (κ1) is 15.1. The molecule has 0 bridgehead atoms. The molecule has 3 heteroatoms. The minimum absolute atomic E-state index is 0.393. The number of unbranched alkanes of at least 4 members (excludes halogenated alkanes) is 5. The maximum absolute atomic E-state index is 4.35. The van der Waals surface area contributed by atoms with E-state index in [0.29, 0.717) is 6.04 Å². The van der Waals surface area contributed by atoms with Gasteiger partial charge in [0.15, 0.2) is 0 Å². The molecule has 1 unspecified atom stereocenters. The van der Waals surface area contributed by atoms with E-state index in [1.807, 2.05) is 12.3 Å². The van der Waals surface area contributed by atoms with E-state index in [4.69, 9.17) is 0 Å². The van der Waals surface area contributed by atoms with Crippen LogP contribution in [0.2, 0.25) is 0 Å². The molecule has 0 aliphatic heterocycles. The predicted octanol–water partition coefficient (Wildman–Crippen LogP) is 3.88. The fourth-order valence-electron chi connectivity index (χ4n) is 2.24. The highest BCUT2D eigenvalue weighted by molar-refractivity contribution is 5.04. The van der Waals surface area contributed by atoms with E-state index in [1.54, 1.807) is 6.33 Å². The third-order valence-electron chi connectivity index (χ3n) is 3.26. The summed E-state index contributed by atoms with van der Waals surface area (Å²) < 4.78 is 0. The highest BCUT2D eigenvalue weighted by Crippen LogP contribution is 2.18. The molecule has 0 saturated heterocycles. The molecule has 1 N–H and O–H groups in total. The van der Waals surface area contributed by atoms with Crippen molar-refractivity contribution in [3.8, 4) is 0 Å². The summed E-state index contributed by atoms with van der Waals surface area (Å²) in [6.07, 6.45) is 12.7. The molecule has 3 nitrogen and oxygen atoms in total. The molecular weight excluding hydrogens is 222 g/mol. The van der Waals surface area contributed by atoms with Crippen molar-refractivity contribution in [2.24, 2.45) is 0 Å². The molecule has 1 aromatic heterocycles. The summed E-state index contributed by atoms with van der Waals surface area (Å²) in [4.78, 5) is 8.33. The van der Waals surface area contributed by atoms with Crippen LogP contribution in [-0.2, 0) is 0 Å². The summed E-state index contributed by atoms with van der Waals surface area (Å²) in [5.41, 5.74) is 1.13. The Morgan fingerprint density at radius 1 is 1.11 bits per heavy atom. The van der Waals surface area contributed by atoms with Crippen LogP contribution in [0.5, 0.6) is 0 Å². The normalized spacial score (nSPS) is 12.6. The lowest BCUT2D eigenvalue weighted by molar-refractivity contribution is 0.468. The first-order valence-electron chi connectivity index (χ1n) is 7.37. The standard InChI is InChI=1S/C15H27N3/c1-3-5-6-7-8-9-10-14(17-4-2)15-11-12-16-13-18-15/h11-14,17H,3-10H2,1-2H3. The molecule has 0 saturated carbocycles. The number of hydrogen-bond donors (Lipinski definition) is 1. The third-order valence-corrected chi connectivity index (χ3v) is 3.26. The first-order valence-corrected chi connectivity index (χ1v) is 7.37. The SMILES string of the molecule is CCCCCCCCC(NCC)c1ccncn1. The second kappa shape index (κ2) is 10.0. The maximum Gasteiger partial charge on any atom is 0.115 e. The molecule has 0 aliphatic rings. The van der Waals surface area contributed by atoms with E-state index in [2.05, 4.69) is 29.1 Å². The summed E-state index contributed by atoms with van der Waals surface area (Å²) in [5, 5.41) is 3.51. The van der Waals surface area contributed by atoms with E-state index in [-0.39, 0.29) is 0 Å². The Labute approximate surface area is 111 Å². The van der Waals surface area contributed by atoms with Crippen LogP contribution in [0.25, 0.3) is 0 Å². The zero-order valence-corrected chi connectivity index (χ0v) is 11.9. The van der Waals surface area contributed by atoms with Gasteiger partial charge in [0, 0.05) is 12.2 Å². The molecule has 0 spiro atoms. The van der Waals surface area contributed by atoms with E-state index >= 15 is 0 Å². The lowest BCUT2D eigenvalue weighted by Gasteiger charge is -2.16. The number of hydrogen-bond acceptors (Lipinski definition) is 3. The Balaban J connectivity index is 2.26. The van der Waals surface area contributed by atoms with Crippen LogP contribution in [0, 0.1) is 0 Å². The molecule has 0 radical (unpaired) electrons. The molecule has 0 fully saturated rings. The highest BCUT2D eigenvalue weighted by Gasteiger charge is 2.10. The van der Waals surface area contributed by atoms with Gasteiger partial charge in [-0.25, -0.2) is 9.97 Å². The quantitative estimate of drug-likeness (QED) is 0.639. The summed E-state index contributed by atoms with van der Waals surface area (Å²) in [6.45, 7) is 5.40. The molecule has 1 atom stereocenters. The van der Waals surface area contributed by atoms with Crippen molar-refractivity contribution in [1.29, 1.82) is 0 Å². The molecule has 102 valence electrons. The van der Waals surface area contributed by atoms with Gasteiger partial charge in [0.25, 0.3) is 0 Å². The zero-order chi connectivity index (χ0) is 13.1. The van der Waals surface area contributed by atoms with Crippen LogP contribution < -0.4 is 5.32 Å². The topological polar surface area (TPSA) is 37.8 Å². The van der Waals surface area contributed by atoms with Gasteiger partial charge in [-0.3, -0.25) is 0 Å². The second-order valence-corrected chi connectivity index (χ2v) is 4.80. The van der Waals surface area contributed by atoms with E-state index in [1.165, 1.54) is 44.9 Å². The van der Waals surface area contributed by atoms with Gasteiger partial charge in [-0.2, -0.15) is 0 Å². The fraction of sp³-hybridized carbons (Fsp3) is 0.733. The minimum atomic E-state index is 0.393. The van der Waals surface area contributed by atoms with Gasteiger partial charge in [-0.15, -0.1) is 0 Å². The van der Waals surface area contributed by atoms with Gasteiger partial charge in [0.1, 0.15) is 6.33 Å². The third kappa shape index (κ3) is 6.10. The summed E-state index contributed by atoms with van der Waals surface area (Å²) in [5.74, 6) is 0. The monoisotopic (exact) mass is 249 g/mol. The first-order chi connectivity index (χ1) is 8.88. The Morgan fingerprint density at radius 2 is 1.89 bits per heavy atom. The van der Waals surface area contributed by atoms with Gasteiger partial charge < -0.3 is 5.32 Å². The number of nitrogens with one attached hydrogen (secondary N) is 1. The molecule has 1 heterocycles. The lowest BCUT2D eigenvalue weighted by atomic mass is 10.0. The smallest absolute Gasteiger partial charge is 0.115 e. The minimum Gasteiger partial charge on any atom is -0.309 e. The number of nitrogens with zero attached hydrogens (tertiary/aromatic N) is 2. The van der Waals surface area contributed by atoms with Crippen molar-refractivity contribution in [3.05, 3.63) is 24.3 Å². The largest absolute Gasteiger partial charge is 0.309 e. The predicted molar refractivity (Wildman–Crippen MR) is 76.4 cm³/mol. The van der Waals surface area contributed by atoms with Crippen LogP contribution in [0.4, 0.5) is 0 Å². The lowest BCUT2D eigenvalue weighted by Crippen LogP contribution is -2.21. The maximum atomic E-state index is 4.35. The van der Waals surface area contributed by atoms with Crippen molar-refractivity contribution >= 4 is 0 Å². The molecule has 0 aromatic carbocycles. The van der Waals surface area contributed by atoms with Crippen LogP contribution in [0.1, 0.15) is 70.5 Å². The summed E-state index contributed by atoms with van der Waals surface area (Å²) >= 11 is 0. The van der Waals surface area contributed by atoms with Crippen molar-refractivity contribution in [2.45, 2.75) is 64.8 Å².